The van der Waals surface area contributed by atoms with Crippen molar-refractivity contribution in [1.29, 1.82) is 0 Å². The van der Waals surface area contributed by atoms with Crippen LogP contribution in [0.15, 0.2) is 12.4 Å². The minimum Gasteiger partial charge on any atom is -0.382 e. The molecule has 0 aliphatic carbocycles. The molecule has 0 bridgehead atoms. The number of amides is 1. The molecule has 1 heterocycles. The van der Waals surface area contributed by atoms with Crippen molar-refractivity contribution < 1.29 is 23.1 Å². The molecule has 1 amide bonds. The van der Waals surface area contributed by atoms with Crippen LogP contribution >= 0.6 is 0 Å². The van der Waals surface area contributed by atoms with Crippen molar-refractivity contribution in [2.45, 2.75) is 25.2 Å². The molecule has 112 valence electrons. The lowest BCUT2D eigenvalue weighted by atomic mass is 10.1. The maximum Gasteiger partial charge on any atom is 0.451 e. The number of nitrogens with one attached hydrogen (secondary N) is 2. The van der Waals surface area contributed by atoms with E-state index in [1.807, 2.05) is 0 Å². The summed E-state index contributed by atoms with van der Waals surface area (Å²) in [4.78, 5) is 17.5. The monoisotopic (exact) mass is 292 g/mol. The predicted octanol–water partition coefficient (Wildman–Crippen LogP) is 0.253. The van der Waals surface area contributed by atoms with E-state index in [2.05, 4.69) is 20.6 Å². The van der Waals surface area contributed by atoms with Crippen LogP contribution in [-0.2, 0) is 11.0 Å². The van der Waals surface area contributed by atoms with Crippen LogP contribution in [-0.4, -0.2) is 40.7 Å². The number of carbonyl (C=O) groups is 1. The van der Waals surface area contributed by atoms with Crippen LogP contribution in [0.5, 0.6) is 0 Å². The Labute approximate surface area is 113 Å². The highest BCUT2D eigenvalue weighted by Crippen LogP contribution is 2.25. The lowest BCUT2D eigenvalue weighted by molar-refractivity contribution is -0.145. The van der Waals surface area contributed by atoms with Gasteiger partial charge in [0.25, 0.3) is 0 Å². The Morgan fingerprint density at radius 2 is 1.95 bits per heavy atom. The van der Waals surface area contributed by atoms with Crippen molar-refractivity contribution in [3.63, 3.8) is 0 Å². The van der Waals surface area contributed by atoms with E-state index in [1.54, 1.807) is 6.92 Å². The van der Waals surface area contributed by atoms with E-state index < -0.39 is 30.1 Å². The van der Waals surface area contributed by atoms with E-state index in [0.29, 0.717) is 5.56 Å². The molecule has 0 radical (unpaired) electrons. The fourth-order valence-corrected chi connectivity index (χ4v) is 1.37. The molecule has 1 aromatic heterocycles. The molecule has 3 N–H and O–H groups in total. The molecular formula is C11H15F3N4O2. The van der Waals surface area contributed by atoms with Crippen LogP contribution in [0.25, 0.3) is 0 Å². The van der Waals surface area contributed by atoms with Crippen LogP contribution in [0, 0.1) is 0 Å². The third-order valence-corrected chi connectivity index (χ3v) is 2.59. The number of carbonyl (C=O) groups excluding carboxylic acids is 1. The molecule has 0 saturated heterocycles. The molecule has 0 aromatic carbocycles. The number of hydrogen-bond donors (Lipinski definition) is 3. The summed E-state index contributed by atoms with van der Waals surface area (Å²) in [6.45, 7) is 1.62. The van der Waals surface area contributed by atoms with E-state index in [4.69, 9.17) is 0 Å². The second kappa shape index (κ2) is 6.62. The summed E-state index contributed by atoms with van der Waals surface area (Å²) in [7, 11) is 1.39. The Kier molecular flexibility index (Phi) is 5.40. The second-order valence-electron chi connectivity index (χ2n) is 4.10. The van der Waals surface area contributed by atoms with E-state index in [-0.39, 0.29) is 6.54 Å². The summed E-state index contributed by atoms with van der Waals surface area (Å²) in [6.07, 6.45) is -3.71. The van der Waals surface area contributed by atoms with Gasteiger partial charge >= 0.3 is 6.18 Å². The molecule has 1 rings (SSSR count). The molecule has 1 aromatic rings. The quantitative estimate of drug-likeness (QED) is 0.724. The van der Waals surface area contributed by atoms with Crippen LogP contribution < -0.4 is 10.6 Å². The number of halogens is 3. The van der Waals surface area contributed by atoms with E-state index in [9.17, 15) is 23.1 Å². The average Bonchev–Trinajstić information content (AvgIpc) is 2.42. The van der Waals surface area contributed by atoms with E-state index in [1.165, 1.54) is 7.05 Å². The number of nitrogens with zero attached hydrogens (tertiary/aromatic N) is 2. The van der Waals surface area contributed by atoms with Gasteiger partial charge in [-0.1, -0.05) is 0 Å². The zero-order valence-corrected chi connectivity index (χ0v) is 10.9. The summed E-state index contributed by atoms with van der Waals surface area (Å²) < 4.78 is 36.9. The fourth-order valence-electron chi connectivity index (χ4n) is 1.37. The molecule has 20 heavy (non-hydrogen) atoms. The minimum atomic E-state index is -4.58. The summed E-state index contributed by atoms with van der Waals surface area (Å²) in [6, 6.07) is -0.406. The summed E-state index contributed by atoms with van der Waals surface area (Å²) in [5, 5.41) is 14.5. The van der Waals surface area contributed by atoms with Gasteiger partial charge in [-0.15, -0.1) is 0 Å². The molecule has 0 aliphatic rings. The first-order valence-electron chi connectivity index (χ1n) is 5.78. The largest absolute Gasteiger partial charge is 0.451 e. The van der Waals surface area contributed by atoms with Crippen molar-refractivity contribution in [1.82, 2.24) is 20.6 Å². The molecule has 0 aliphatic heterocycles. The number of hydrogen-bond acceptors (Lipinski definition) is 5. The van der Waals surface area contributed by atoms with Crippen molar-refractivity contribution in [3.05, 3.63) is 23.8 Å². The highest BCUT2D eigenvalue weighted by Gasteiger charge is 2.34. The van der Waals surface area contributed by atoms with Gasteiger partial charge in [-0.2, -0.15) is 13.2 Å². The Bertz CT molecular complexity index is 450. The molecular weight excluding hydrogens is 277 g/mol. The lowest BCUT2D eigenvalue weighted by Gasteiger charge is -2.16. The number of rotatable bonds is 5. The Morgan fingerprint density at radius 3 is 2.40 bits per heavy atom. The summed E-state index contributed by atoms with van der Waals surface area (Å²) >= 11 is 0. The van der Waals surface area contributed by atoms with Crippen molar-refractivity contribution >= 4 is 5.91 Å². The van der Waals surface area contributed by atoms with Gasteiger partial charge in [0.05, 0.1) is 0 Å². The number of aliphatic hydroxyl groups is 1. The van der Waals surface area contributed by atoms with Gasteiger partial charge in [0.2, 0.25) is 11.7 Å². The van der Waals surface area contributed by atoms with Crippen LogP contribution in [0.2, 0.25) is 0 Å². The zero-order valence-electron chi connectivity index (χ0n) is 10.9. The van der Waals surface area contributed by atoms with Crippen LogP contribution in [0.3, 0.4) is 0 Å². The van der Waals surface area contributed by atoms with Crippen molar-refractivity contribution in [3.8, 4) is 0 Å². The molecule has 0 fully saturated rings. The predicted molar refractivity (Wildman–Crippen MR) is 63.5 cm³/mol. The molecule has 0 spiro atoms. The van der Waals surface area contributed by atoms with Crippen molar-refractivity contribution in [2.24, 2.45) is 0 Å². The molecule has 2 atom stereocenters. The van der Waals surface area contributed by atoms with Crippen molar-refractivity contribution in [2.75, 3.05) is 13.6 Å². The minimum absolute atomic E-state index is 0.0398. The molecule has 9 heteroatoms. The molecule has 0 saturated carbocycles. The molecule has 6 nitrogen and oxygen atoms in total. The van der Waals surface area contributed by atoms with Crippen LogP contribution in [0.4, 0.5) is 13.2 Å². The molecule has 1 unspecified atom stereocenters. The van der Waals surface area contributed by atoms with Gasteiger partial charge in [0.1, 0.15) is 6.10 Å². The van der Waals surface area contributed by atoms with Gasteiger partial charge in [-0.25, -0.2) is 9.97 Å². The standard InChI is InChI=1S/C11H15F3N4O2/c1-6(16-5-8(19)9(20)15-2)7-3-17-10(18-4-7)11(12,13)14/h3-4,6,8,16,19H,5H2,1-2H3,(H,15,20)/t6-,8?/m0/s1. The first-order valence-corrected chi connectivity index (χ1v) is 5.78. The maximum atomic E-state index is 12.3. The Hall–Kier alpha value is -1.74. The number of likely N-dealkylation sites (N-methyl/N-ethyl adjacent to an activating group) is 1. The first-order chi connectivity index (χ1) is 9.25. The van der Waals surface area contributed by atoms with Gasteiger partial charge in [0.15, 0.2) is 0 Å². The average molecular weight is 292 g/mol. The van der Waals surface area contributed by atoms with E-state index in [0.717, 1.165) is 12.4 Å². The third-order valence-electron chi connectivity index (χ3n) is 2.59. The smallest absolute Gasteiger partial charge is 0.382 e. The van der Waals surface area contributed by atoms with Crippen LogP contribution in [0.1, 0.15) is 24.4 Å². The Balaban J connectivity index is 2.60. The second-order valence-corrected chi connectivity index (χ2v) is 4.10. The third kappa shape index (κ3) is 4.42. The highest BCUT2D eigenvalue weighted by molar-refractivity contribution is 5.80. The highest BCUT2D eigenvalue weighted by atomic mass is 19.4. The topological polar surface area (TPSA) is 87.1 Å². The van der Waals surface area contributed by atoms with E-state index >= 15 is 0 Å². The summed E-state index contributed by atoms with van der Waals surface area (Å²) in [5.74, 6) is -1.76. The maximum absolute atomic E-state index is 12.3. The Morgan fingerprint density at radius 1 is 1.40 bits per heavy atom. The zero-order chi connectivity index (χ0) is 15.3. The SMILES string of the molecule is CNC(=O)C(O)CN[C@@H](C)c1cnc(C(F)(F)F)nc1. The first kappa shape index (κ1) is 16.3. The number of alkyl halides is 3. The van der Waals surface area contributed by atoms with Gasteiger partial charge in [-0.05, 0) is 6.92 Å². The summed E-state index contributed by atoms with van der Waals surface area (Å²) in [5.41, 5.74) is 0.419. The van der Waals surface area contributed by atoms with Gasteiger partial charge in [-0.3, -0.25) is 4.79 Å². The van der Waals surface area contributed by atoms with Gasteiger partial charge in [0, 0.05) is 37.6 Å². The fraction of sp³-hybridized carbons (Fsp3) is 0.545. The number of aliphatic hydroxyl groups excluding tert-OH is 1. The van der Waals surface area contributed by atoms with Gasteiger partial charge < -0.3 is 15.7 Å². The number of aromatic nitrogens is 2. The normalized spacial score (nSPS) is 14.7. The lowest BCUT2D eigenvalue weighted by Crippen LogP contribution is -2.40.